The van der Waals surface area contributed by atoms with Crippen LogP contribution in [0.2, 0.25) is 5.28 Å². The van der Waals surface area contributed by atoms with E-state index in [1.807, 2.05) is 6.07 Å². The van der Waals surface area contributed by atoms with Crippen LogP contribution in [0.15, 0.2) is 40.4 Å². The minimum Gasteiger partial charge on any atom is -0.493 e. The lowest BCUT2D eigenvalue weighted by molar-refractivity contribution is -0.121. The van der Waals surface area contributed by atoms with E-state index < -0.39 is 17.3 Å². The van der Waals surface area contributed by atoms with E-state index in [1.54, 1.807) is 19.1 Å². The van der Waals surface area contributed by atoms with Gasteiger partial charge in [-0.2, -0.15) is 19.7 Å². The number of benzene rings is 1. The second-order valence-electron chi connectivity index (χ2n) is 7.22. The summed E-state index contributed by atoms with van der Waals surface area (Å²) in [5, 5.41) is 13.0. The van der Waals surface area contributed by atoms with E-state index in [9.17, 15) is 19.2 Å². The average molecular weight is 515 g/mol. The number of pyridine rings is 1. The van der Waals surface area contributed by atoms with Gasteiger partial charge in [0, 0.05) is 18.4 Å². The maximum absolute atomic E-state index is 13.9. The maximum atomic E-state index is 13.9. The van der Waals surface area contributed by atoms with Crippen LogP contribution in [0.4, 0.5) is 4.39 Å². The number of rotatable bonds is 9. The standard InChI is InChI=1S/C23H20ClFN6O5/c1-13-6-15(12-34-2)16(8-26)22(33)31(13)11-20(32)30-28-9-14-4-5-18(19(7-14)35-3)36-21-17(25)10-27-23(24)29-21/h4-7,9-10H,11-12H2,1-3H3,(H,30,32)/b28-9-. The Labute approximate surface area is 209 Å². The van der Waals surface area contributed by atoms with Crippen LogP contribution in [-0.4, -0.2) is 40.9 Å². The first-order valence-corrected chi connectivity index (χ1v) is 10.6. The number of amides is 1. The van der Waals surface area contributed by atoms with E-state index >= 15 is 0 Å². The molecule has 11 nitrogen and oxygen atoms in total. The molecule has 3 rings (SSSR count). The molecule has 36 heavy (non-hydrogen) atoms. The fraction of sp³-hybridized carbons (Fsp3) is 0.217. The molecule has 0 bridgehead atoms. The van der Waals surface area contributed by atoms with Gasteiger partial charge < -0.3 is 18.8 Å². The molecule has 0 saturated heterocycles. The molecule has 0 fully saturated rings. The number of nitrogens with one attached hydrogen (secondary N) is 1. The summed E-state index contributed by atoms with van der Waals surface area (Å²) >= 11 is 5.68. The Morgan fingerprint density at radius 1 is 1.33 bits per heavy atom. The van der Waals surface area contributed by atoms with Crippen molar-refractivity contribution in [1.82, 2.24) is 20.0 Å². The third kappa shape index (κ3) is 6.21. The number of nitriles is 1. The van der Waals surface area contributed by atoms with E-state index in [-0.39, 0.29) is 41.4 Å². The van der Waals surface area contributed by atoms with Gasteiger partial charge in [-0.3, -0.25) is 9.59 Å². The van der Waals surface area contributed by atoms with Gasteiger partial charge >= 0.3 is 0 Å². The van der Waals surface area contributed by atoms with Gasteiger partial charge in [-0.05, 0) is 48.4 Å². The highest BCUT2D eigenvalue weighted by molar-refractivity contribution is 6.28. The van der Waals surface area contributed by atoms with Crippen LogP contribution in [0.25, 0.3) is 0 Å². The van der Waals surface area contributed by atoms with Gasteiger partial charge in [0.05, 0.1) is 26.1 Å². The summed E-state index contributed by atoms with van der Waals surface area (Å²) in [7, 11) is 2.85. The van der Waals surface area contributed by atoms with E-state index in [2.05, 4.69) is 20.5 Å². The van der Waals surface area contributed by atoms with Crippen LogP contribution in [0.5, 0.6) is 17.4 Å². The SMILES string of the molecule is COCc1cc(C)n(CC(=O)N/N=C\c2ccc(Oc3nc(Cl)ncc3F)c(OC)c2)c(=O)c1C#N. The smallest absolute Gasteiger partial charge is 0.269 e. The molecule has 0 aliphatic carbocycles. The molecule has 1 N–H and O–H groups in total. The van der Waals surface area contributed by atoms with Crippen LogP contribution in [0.3, 0.4) is 0 Å². The summed E-state index contributed by atoms with van der Waals surface area (Å²) in [6, 6.07) is 8.09. The molecule has 2 aromatic heterocycles. The molecule has 3 aromatic rings. The Balaban J connectivity index is 1.71. The topological polar surface area (TPSA) is 141 Å². The summed E-state index contributed by atoms with van der Waals surface area (Å²) < 4.78 is 30.7. The monoisotopic (exact) mass is 514 g/mol. The second-order valence-corrected chi connectivity index (χ2v) is 7.56. The number of nitrogens with zero attached hydrogens (tertiary/aromatic N) is 5. The van der Waals surface area contributed by atoms with Crippen LogP contribution in [0.1, 0.15) is 22.4 Å². The Morgan fingerprint density at radius 3 is 2.81 bits per heavy atom. The minimum atomic E-state index is -0.806. The molecule has 0 radical (unpaired) electrons. The predicted octanol–water partition coefficient (Wildman–Crippen LogP) is 2.71. The number of hydrazone groups is 1. The number of hydrogen-bond donors (Lipinski definition) is 1. The van der Waals surface area contributed by atoms with Crippen LogP contribution in [-0.2, 0) is 22.7 Å². The Bertz CT molecular complexity index is 1420. The third-order valence-electron chi connectivity index (χ3n) is 4.78. The normalized spacial score (nSPS) is 10.8. The number of ether oxygens (including phenoxy) is 3. The Morgan fingerprint density at radius 2 is 2.11 bits per heavy atom. The van der Waals surface area contributed by atoms with Crippen molar-refractivity contribution in [2.45, 2.75) is 20.1 Å². The first kappa shape index (κ1) is 26.3. The lowest BCUT2D eigenvalue weighted by atomic mass is 10.1. The van der Waals surface area contributed by atoms with Crippen molar-refractivity contribution in [2.75, 3.05) is 14.2 Å². The van der Waals surface area contributed by atoms with Gasteiger partial charge in [0.1, 0.15) is 18.2 Å². The molecule has 0 saturated carbocycles. The molecule has 0 spiro atoms. The minimum absolute atomic E-state index is 0.0859. The van der Waals surface area contributed by atoms with Crippen LogP contribution >= 0.6 is 11.6 Å². The van der Waals surface area contributed by atoms with Gasteiger partial charge in [0.15, 0.2) is 11.5 Å². The van der Waals surface area contributed by atoms with E-state index in [1.165, 1.54) is 37.1 Å². The van der Waals surface area contributed by atoms with E-state index in [0.717, 1.165) is 6.20 Å². The Kier molecular flexibility index (Phi) is 8.66. The van der Waals surface area contributed by atoms with Crippen molar-refractivity contribution >= 4 is 23.7 Å². The molecular formula is C23H20ClFN6O5. The third-order valence-corrected chi connectivity index (χ3v) is 4.96. The van der Waals surface area contributed by atoms with Gasteiger partial charge in [0.2, 0.25) is 11.1 Å². The van der Waals surface area contributed by atoms with E-state index in [0.29, 0.717) is 16.8 Å². The largest absolute Gasteiger partial charge is 0.493 e. The molecule has 0 aliphatic heterocycles. The number of methoxy groups -OCH3 is 2. The first-order valence-electron chi connectivity index (χ1n) is 10.3. The highest BCUT2D eigenvalue weighted by Gasteiger charge is 2.15. The van der Waals surface area contributed by atoms with E-state index in [4.69, 9.17) is 25.8 Å². The zero-order valence-electron chi connectivity index (χ0n) is 19.4. The zero-order valence-corrected chi connectivity index (χ0v) is 20.2. The molecule has 1 aromatic carbocycles. The first-order chi connectivity index (χ1) is 17.3. The summed E-state index contributed by atoms with van der Waals surface area (Å²) in [6.07, 6.45) is 2.22. The van der Waals surface area contributed by atoms with Gasteiger partial charge in [-0.1, -0.05) is 0 Å². The van der Waals surface area contributed by atoms with Crippen LogP contribution < -0.4 is 20.5 Å². The predicted molar refractivity (Wildman–Crippen MR) is 127 cm³/mol. The molecule has 13 heteroatoms. The molecule has 1 amide bonds. The highest BCUT2D eigenvalue weighted by Crippen LogP contribution is 2.32. The number of hydrogen-bond acceptors (Lipinski definition) is 9. The fourth-order valence-electron chi connectivity index (χ4n) is 3.13. The fourth-order valence-corrected chi connectivity index (χ4v) is 3.26. The van der Waals surface area contributed by atoms with Gasteiger partial charge in [0.25, 0.3) is 17.3 Å². The lowest BCUT2D eigenvalue weighted by Gasteiger charge is -2.12. The average Bonchev–Trinajstić information content (AvgIpc) is 2.85. The quantitative estimate of drug-likeness (QED) is 0.261. The highest BCUT2D eigenvalue weighted by atomic mass is 35.5. The molecule has 0 unspecified atom stereocenters. The number of aromatic nitrogens is 3. The summed E-state index contributed by atoms with van der Waals surface area (Å²) in [6.45, 7) is 1.41. The number of halogens is 2. The van der Waals surface area contributed by atoms with Crippen molar-refractivity contribution in [2.24, 2.45) is 5.10 Å². The molecule has 186 valence electrons. The van der Waals surface area contributed by atoms with Crippen molar-refractivity contribution in [3.63, 3.8) is 0 Å². The lowest BCUT2D eigenvalue weighted by Crippen LogP contribution is -2.33. The summed E-state index contributed by atoms with van der Waals surface area (Å²) in [4.78, 5) is 32.2. The molecule has 0 aliphatic rings. The number of aryl methyl sites for hydroxylation is 1. The van der Waals surface area contributed by atoms with Crippen molar-refractivity contribution in [3.05, 3.63) is 74.3 Å². The maximum Gasteiger partial charge on any atom is 0.269 e. The van der Waals surface area contributed by atoms with Crippen molar-refractivity contribution < 1.29 is 23.4 Å². The van der Waals surface area contributed by atoms with Crippen LogP contribution in [0, 0.1) is 24.1 Å². The van der Waals surface area contributed by atoms with Gasteiger partial charge in [-0.15, -0.1) is 0 Å². The number of carbonyl (C=O) groups is 1. The zero-order chi connectivity index (χ0) is 26.2. The molecule has 0 atom stereocenters. The second kappa shape index (κ2) is 11.9. The van der Waals surface area contributed by atoms with Gasteiger partial charge in [-0.25, -0.2) is 10.4 Å². The summed E-state index contributed by atoms with van der Waals surface area (Å²) in [5.41, 5.74) is 3.11. The number of carbonyl (C=O) groups excluding carboxylic acids is 1. The summed E-state index contributed by atoms with van der Waals surface area (Å²) in [5.74, 6) is -1.36. The Hall–Kier alpha value is -4.34. The molecular weight excluding hydrogens is 495 g/mol. The van der Waals surface area contributed by atoms with Crippen molar-refractivity contribution in [3.8, 4) is 23.4 Å². The van der Waals surface area contributed by atoms with Crippen molar-refractivity contribution in [1.29, 1.82) is 5.26 Å². The molecule has 2 heterocycles.